The lowest BCUT2D eigenvalue weighted by Gasteiger charge is -2.53. The molecular formula is C33H44N4O7. The molecule has 0 unspecified atom stereocenters. The first-order valence-corrected chi connectivity index (χ1v) is 15.5. The number of nitrogens with zero attached hydrogens (tertiary/aromatic N) is 3. The molecule has 4 rings (SSSR count). The molecule has 11 nitrogen and oxygen atoms in total. The molecule has 2 aromatic carbocycles. The summed E-state index contributed by atoms with van der Waals surface area (Å²) in [6.45, 7) is 10.7. The monoisotopic (exact) mass is 608 g/mol. The maximum atomic E-state index is 13.5. The molecular weight excluding hydrogens is 564 g/mol. The maximum Gasteiger partial charge on any atom is 0.407 e. The number of hydrogen-bond donors (Lipinski definition) is 2. The molecule has 4 amide bonds. The molecule has 0 bridgehead atoms. The molecule has 0 spiro atoms. The van der Waals surface area contributed by atoms with Gasteiger partial charge < -0.3 is 24.8 Å². The van der Waals surface area contributed by atoms with Crippen molar-refractivity contribution in [2.45, 2.75) is 65.6 Å². The summed E-state index contributed by atoms with van der Waals surface area (Å²) in [6.07, 6.45) is 0.917. The van der Waals surface area contributed by atoms with E-state index in [0.29, 0.717) is 56.9 Å². The van der Waals surface area contributed by atoms with Gasteiger partial charge in [0.15, 0.2) is 6.23 Å². The first-order chi connectivity index (χ1) is 21.1. The third-order valence-corrected chi connectivity index (χ3v) is 8.81. The van der Waals surface area contributed by atoms with E-state index in [9.17, 15) is 19.2 Å². The van der Waals surface area contributed by atoms with Crippen LogP contribution in [0.3, 0.4) is 0 Å². The molecule has 2 aromatic rings. The van der Waals surface area contributed by atoms with Crippen LogP contribution in [0.2, 0.25) is 0 Å². The van der Waals surface area contributed by atoms with Crippen LogP contribution >= 0.6 is 0 Å². The molecule has 0 aromatic heterocycles. The molecule has 0 aliphatic carbocycles. The summed E-state index contributed by atoms with van der Waals surface area (Å²) >= 11 is 0. The van der Waals surface area contributed by atoms with E-state index in [1.54, 1.807) is 24.3 Å². The lowest BCUT2D eigenvalue weighted by Crippen LogP contribution is -2.73. The summed E-state index contributed by atoms with van der Waals surface area (Å²) in [7, 11) is 0. The number of urea groups is 1. The Bertz CT molecular complexity index is 1300. The van der Waals surface area contributed by atoms with Crippen LogP contribution in [0.25, 0.3) is 0 Å². The van der Waals surface area contributed by atoms with Crippen molar-refractivity contribution in [2.75, 3.05) is 39.3 Å². The van der Waals surface area contributed by atoms with Crippen LogP contribution in [0.5, 0.6) is 5.75 Å². The van der Waals surface area contributed by atoms with E-state index in [1.165, 1.54) is 9.80 Å². The zero-order valence-corrected chi connectivity index (χ0v) is 26.1. The highest BCUT2D eigenvalue weighted by atomic mass is 16.5. The summed E-state index contributed by atoms with van der Waals surface area (Å²) < 4.78 is 11.7. The van der Waals surface area contributed by atoms with E-state index < -0.39 is 29.7 Å². The minimum atomic E-state index is -0.919. The van der Waals surface area contributed by atoms with Gasteiger partial charge in [-0.25, -0.2) is 19.3 Å². The van der Waals surface area contributed by atoms with Crippen LogP contribution < -0.4 is 10.1 Å². The Labute approximate surface area is 259 Å². The number of carbonyl (C=O) groups excluding carboxylic acids is 3. The van der Waals surface area contributed by atoms with Crippen molar-refractivity contribution in [3.05, 3.63) is 65.2 Å². The second-order valence-electron chi connectivity index (χ2n) is 11.5. The number of imide groups is 1. The Morgan fingerprint density at radius 1 is 0.977 bits per heavy atom. The lowest BCUT2D eigenvalue weighted by molar-refractivity contribution is -0.191. The first-order valence-electron chi connectivity index (χ1n) is 15.5. The van der Waals surface area contributed by atoms with E-state index >= 15 is 0 Å². The smallest absolute Gasteiger partial charge is 0.407 e. The maximum absolute atomic E-state index is 13.5. The number of carboxylic acid groups (broad SMARTS) is 1. The van der Waals surface area contributed by atoms with E-state index in [1.807, 2.05) is 45.0 Å². The van der Waals surface area contributed by atoms with Crippen molar-refractivity contribution in [3.63, 3.8) is 0 Å². The van der Waals surface area contributed by atoms with Gasteiger partial charge in [0.05, 0.1) is 11.6 Å². The number of piperazine rings is 1. The van der Waals surface area contributed by atoms with E-state index in [4.69, 9.17) is 14.6 Å². The molecule has 2 saturated heterocycles. The Balaban J connectivity index is 1.37. The van der Waals surface area contributed by atoms with E-state index in [-0.39, 0.29) is 18.6 Å². The van der Waals surface area contributed by atoms with Crippen LogP contribution in [0.15, 0.2) is 48.5 Å². The van der Waals surface area contributed by atoms with Crippen molar-refractivity contribution >= 4 is 24.0 Å². The van der Waals surface area contributed by atoms with E-state index in [0.717, 1.165) is 24.0 Å². The SMILES string of the molecule is CCC[C@H](NC(=O)N1C(=O)C(CC)(CC)[C@@H]1Oc1ccc(C(=O)OCCN2CCN(C(=O)O)CC2)cc1)c1ccc(C)cc1. The first kappa shape index (κ1) is 32.8. The highest BCUT2D eigenvalue weighted by Crippen LogP contribution is 2.46. The van der Waals surface area contributed by atoms with Crippen molar-refractivity contribution in [1.82, 2.24) is 20.0 Å². The van der Waals surface area contributed by atoms with Gasteiger partial charge in [0.1, 0.15) is 17.8 Å². The van der Waals surface area contributed by atoms with Crippen LogP contribution in [0.4, 0.5) is 9.59 Å². The van der Waals surface area contributed by atoms with Gasteiger partial charge in [0.25, 0.3) is 0 Å². The second-order valence-corrected chi connectivity index (χ2v) is 11.5. The summed E-state index contributed by atoms with van der Waals surface area (Å²) in [4.78, 5) is 55.2. The molecule has 2 fully saturated rings. The third kappa shape index (κ3) is 7.15. The van der Waals surface area contributed by atoms with Crippen molar-refractivity contribution < 1.29 is 33.8 Å². The predicted octanol–water partition coefficient (Wildman–Crippen LogP) is 5.05. The Morgan fingerprint density at radius 3 is 2.18 bits per heavy atom. The van der Waals surface area contributed by atoms with Crippen LogP contribution in [0.1, 0.15) is 74.0 Å². The Hall–Kier alpha value is -4.12. The second kappa shape index (κ2) is 14.6. The largest absolute Gasteiger partial charge is 0.469 e. The van der Waals surface area contributed by atoms with Gasteiger partial charge in [-0.1, -0.05) is 57.0 Å². The topological polar surface area (TPSA) is 129 Å². The fourth-order valence-corrected chi connectivity index (χ4v) is 5.84. The number of ether oxygens (including phenoxy) is 2. The molecule has 0 radical (unpaired) electrons. The summed E-state index contributed by atoms with van der Waals surface area (Å²) in [5.74, 6) is -0.299. The van der Waals surface area contributed by atoms with Crippen LogP contribution in [-0.2, 0) is 9.53 Å². The number of β-lactam (4-membered cyclic amide) rings is 1. The predicted molar refractivity (Wildman–Crippen MR) is 164 cm³/mol. The number of rotatable bonds is 12. The molecule has 2 aliphatic heterocycles. The Kier molecular flexibility index (Phi) is 10.9. The fraction of sp³-hybridized carbons (Fsp3) is 0.515. The van der Waals surface area contributed by atoms with Gasteiger partial charge in [-0.15, -0.1) is 0 Å². The van der Waals surface area contributed by atoms with Crippen LogP contribution in [-0.4, -0.2) is 89.4 Å². The fourth-order valence-electron chi connectivity index (χ4n) is 5.84. The molecule has 44 heavy (non-hydrogen) atoms. The number of hydrogen-bond acceptors (Lipinski definition) is 7. The zero-order chi connectivity index (χ0) is 31.9. The van der Waals surface area contributed by atoms with Gasteiger partial charge in [-0.2, -0.15) is 0 Å². The molecule has 2 heterocycles. The molecule has 11 heteroatoms. The third-order valence-electron chi connectivity index (χ3n) is 8.81. The lowest BCUT2D eigenvalue weighted by atomic mass is 9.72. The van der Waals surface area contributed by atoms with E-state index in [2.05, 4.69) is 17.1 Å². The number of aryl methyl sites for hydroxylation is 1. The Morgan fingerprint density at radius 2 is 1.61 bits per heavy atom. The molecule has 2 atom stereocenters. The molecule has 238 valence electrons. The normalized spacial score (nSPS) is 18.7. The molecule has 2 aliphatic rings. The highest BCUT2D eigenvalue weighted by molar-refractivity contribution is 6.03. The average molecular weight is 609 g/mol. The van der Waals surface area contributed by atoms with Gasteiger partial charge in [-0.05, 0) is 56.0 Å². The number of nitrogens with one attached hydrogen (secondary N) is 1. The molecule has 0 saturated carbocycles. The van der Waals surface area contributed by atoms with Crippen LogP contribution in [0, 0.1) is 12.3 Å². The van der Waals surface area contributed by atoms with Crippen molar-refractivity contribution in [2.24, 2.45) is 5.41 Å². The van der Waals surface area contributed by atoms with Crippen molar-refractivity contribution in [1.29, 1.82) is 0 Å². The molecule has 2 N–H and O–H groups in total. The number of benzene rings is 2. The average Bonchev–Trinajstić information content (AvgIpc) is 3.02. The summed E-state index contributed by atoms with van der Waals surface area (Å²) in [5.41, 5.74) is 1.64. The number of likely N-dealkylation sites (tertiary alicyclic amines) is 1. The van der Waals surface area contributed by atoms with Crippen molar-refractivity contribution in [3.8, 4) is 5.75 Å². The van der Waals surface area contributed by atoms with Gasteiger partial charge >= 0.3 is 18.1 Å². The standard InChI is InChI=1S/C33H44N4O7/c1-5-8-27(24-11-9-23(4)10-12-24)34-31(40)37-29(39)33(6-2,7-3)30(37)44-26-15-13-25(14-16-26)28(38)43-22-21-35-17-19-36(20-18-35)32(41)42/h9-16,27,30H,5-8,17-22H2,1-4H3,(H,34,40)(H,41,42)/t27-,30-/m0/s1. The quantitative estimate of drug-likeness (QED) is 0.253. The van der Waals surface area contributed by atoms with Gasteiger partial charge in [0, 0.05) is 32.7 Å². The van der Waals surface area contributed by atoms with Gasteiger partial charge in [0.2, 0.25) is 5.91 Å². The minimum Gasteiger partial charge on any atom is -0.469 e. The number of esters is 1. The summed E-state index contributed by atoms with van der Waals surface area (Å²) in [6, 6.07) is 13.8. The number of carbonyl (C=O) groups is 4. The minimum absolute atomic E-state index is 0.190. The van der Waals surface area contributed by atoms with Gasteiger partial charge in [-0.3, -0.25) is 9.69 Å². The summed E-state index contributed by atoms with van der Waals surface area (Å²) in [5, 5.41) is 12.1. The zero-order valence-electron chi connectivity index (χ0n) is 26.1. The highest BCUT2D eigenvalue weighted by Gasteiger charge is 2.63. The number of amides is 4.